The number of amides is 1. The first-order valence-corrected chi connectivity index (χ1v) is 7.47. The van der Waals surface area contributed by atoms with Crippen molar-refractivity contribution in [2.45, 2.75) is 51.0 Å². The van der Waals surface area contributed by atoms with Crippen LogP contribution < -0.4 is 5.32 Å². The van der Waals surface area contributed by atoms with E-state index >= 15 is 0 Å². The lowest BCUT2D eigenvalue weighted by molar-refractivity contribution is -0.151. The van der Waals surface area contributed by atoms with Gasteiger partial charge in [0.1, 0.15) is 6.04 Å². The van der Waals surface area contributed by atoms with Crippen LogP contribution in [0.5, 0.6) is 0 Å². The molecule has 0 radical (unpaired) electrons. The quantitative estimate of drug-likeness (QED) is 0.734. The summed E-state index contributed by atoms with van der Waals surface area (Å²) in [6.07, 6.45) is 0.414. The molecule has 2 aliphatic heterocycles. The largest absolute Gasteiger partial charge is 0.479 e. The lowest BCUT2D eigenvalue weighted by atomic mass is 10.1. The topological polar surface area (TPSA) is 88.1 Å². The maximum absolute atomic E-state index is 12.2. The summed E-state index contributed by atoms with van der Waals surface area (Å²) in [7, 11) is 0. The van der Waals surface area contributed by atoms with E-state index in [0.717, 1.165) is 0 Å². The molecule has 3 atom stereocenters. The fourth-order valence-corrected chi connectivity index (χ4v) is 2.76. The number of ether oxygens (including phenoxy) is 2. The number of carbonyl (C=O) groups excluding carboxylic acids is 1. The van der Waals surface area contributed by atoms with E-state index < -0.39 is 12.1 Å². The lowest BCUT2D eigenvalue weighted by Gasteiger charge is -2.36. The number of hydrogen-bond acceptors (Lipinski definition) is 5. The van der Waals surface area contributed by atoms with Crippen molar-refractivity contribution in [2.75, 3.05) is 26.3 Å². The fourth-order valence-electron chi connectivity index (χ4n) is 2.76. The van der Waals surface area contributed by atoms with Crippen molar-refractivity contribution in [1.29, 1.82) is 0 Å². The molecule has 0 aromatic carbocycles. The number of carboxylic acids is 1. The van der Waals surface area contributed by atoms with Crippen molar-refractivity contribution in [1.82, 2.24) is 10.2 Å². The van der Waals surface area contributed by atoms with Gasteiger partial charge >= 0.3 is 5.97 Å². The molecule has 1 amide bonds. The number of nitrogens with zero attached hydrogens (tertiary/aromatic N) is 1. The Morgan fingerprint density at radius 3 is 2.76 bits per heavy atom. The van der Waals surface area contributed by atoms with Crippen molar-refractivity contribution in [3.05, 3.63) is 0 Å². The number of rotatable bonds is 5. The molecule has 0 aromatic rings. The highest BCUT2D eigenvalue weighted by Crippen LogP contribution is 2.22. The van der Waals surface area contributed by atoms with Gasteiger partial charge in [0.2, 0.25) is 5.91 Å². The number of nitrogens with one attached hydrogen (secondary N) is 1. The summed E-state index contributed by atoms with van der Waals surface area (Å²) in [6.45, 7) is 6.03. The van der Waals surface area contributed by atoms with Gasteiger partial charge in [-0.3, -0.25) is 9.69 Å². The minimum atomic E-state index is -0.909. The number of aliphatic carboxylic acids is 1. The molecule has 3 unspecified atom stereocenters. The zero-order valence-corrected chi connectivity index (χ0v) is 12.6. The van der Waals surface area contributed by atoms with E-state index in [-0.39, 0.29) is 24.1 Å². The predicted molar refractivity (Wildman–Crippen MR) is 75.0 cm³/mol. The molecule has 0 spiro atoms. The molecule has 7 heteroatoms. The van der Waals surface area contributed by atoms with Gasteiger partial charge in [-0.15, -0.1) is 0 Å². The average molecular weight is 300 g/mol. The fraction of sp³-hybridized carbons (Fsp3) is 0.857. The third kappa shape index (κ3) is 4.39. The summed E-state index contributed by atoms with van der Waals surface area (Å²) in [5, 5.41) is 11.9. The highest BCUT2D eigenvalue weighted by molar-refractivity contribution is 5.82. The standard InChI is InChI=1S/C14H24N2O5/c1-9(2)15-13(17)11-8-20-6-5-16(11)7-10-3-4-12(21-10)14(18)19/h9-12H,3-8H2,1-2H3,(H,15,17)(H,18,19). The van der Waals surface area contributed by atoms with Crippen molar-refractivity contribution >= 4 is 11.9 Å². The molecule has 0 bridgehead atoms. The average Bonchev–Trinajstić information content (AvgIpc) is 2.87. The van der Waals surface area contributed by atoms with E-state index in [4.69, 9.17) is 14.6 Å². The van der Waals surface area contributed by atoms with Gasteiger partial charge in [0.25, 0.3) is 0 Å². The zero-order chi connectivity index (χ0) is 15.4. The van der Waals surface area contributed by atoms with Gasteiger partial charge in [0, 0.05) is 19.1 Å². The highest BCUT2D eigenvalue weighted by Gasteiger charge is 2.35. The number of carbonyl (C=O) groups is 2. The smallest absolute Gasteiger partial charge is 0.332 e. The van der Waals surface area contributed by atoms with E-state index in [1.165, 1.54) is 0 Å². The van der Waals surface area contributed by atoms with Crippen LogP contribution in [0.3, 0.4) is 0 Å². The normalized spacial score (nSPS) is 30.5. The summed E-state index contributed by atoms with van der Waals surface area (Å²) in [6, 6.07) is -0.242. The maximum Gasteiger partial charge on any atom is 0.332 e. The summed E-state index contributed by atoms with van der Waals surface area (Å²) >= 11 is 0. The Bertz CT molecular complexity index is 388. The Kier molecular flexibility index (Phi) is 5.55. The molecule has 2 fully saturated rings. The Labute approximate surface area is 124 Å². The Hall–Kier alpha value is -1.18. The van der Waals surface area contributed by atoms with Crippen molar-refractivity contribution in [3.8, 4) is 0 Å². The zero-order valence-electron chi connectivity index (χ0n) is 12.6. The Balaban J connectivity index is 1.90. The van der Waals surface area contributed by atoms with Crippen LogP contribution in [0.4, 0.5) is 0 Å². The molecule has 2 aliphatic rings. The van der Waals surface area contributed by atoms with E-state index in [1.807, 2.05) is 18.7 Å². The molecule has 0 saturated carbocycles. The third-order valence-electron chi connectivity index (χ3n) is 3.79. The molecule has 0 aromatic heterocycles. The van der Waals surface area contributed by atoms with Gasteiger partial charge in [-0.05, 0) is 26.7 Å². The monoisotopic (exact) mass is 300 g/mol. The summed E-state index contributed by atoms with van der Waals surface area (Å²) in [5.41, 5.74) is 0. The van der Waals surface area contributed by atoms with Crippen LogP contribution in [-0.4, -0.2) is 72.5 Å². The second-order valence-corrected chi connectivity index (χ2v) is 5.91. The van der Waals surface area contributed by atoms with Crippen LogP contribution in [0.1, 0.15) is 26.7 Å². The maximum atomic E-state index is 12.2. The summed E-state index contributed by atoms with van der Waals surface area (Å²) < 4.78 is 10.9. The van der Waals surface area contributed by atoms with Gasteiger partial charge in [-0.2, -0.15) is 0 Å². The second-order valence-electron chi connectivity index (χ2n) is 5.91. The molecule has 7 nitrogen and oxygen atoms in total. The molecule has 2 rings (SSSR count). The molecule has 0 aliphatic carbocycles. The summed E-state index contributed by atoms with van der Waals surface area (Å²) in [5.74, 6) is -0.953. The highest BCUT2D eigenvalue weighted by atomic mass is 16.5. The number of hydrogen-bond donors (Lipinski definition) is 2. The van der Waals surface area contributed by atoms with Crippen LogP contribution >= 0.6 is 0 Å². The minimum Gasteiger partial charge on any atom is -0.479 e. The van der Waals surface area contributed by atoms with Crippen LogP contribution in [0.25, 0.3) is 0 Å². The van der Waals surface area contributed by atoms with Gasteiger partial charge in [0.15, 0.2) is 6.10 Å². The number of carboxylic acid groups (broad SMARTS) is 1. The van der Waals surface area contributed by atoms with E-state index in [2.05, 4.69) is 5.32 Å². The first kappa shape index (κ1) is 16.2. The predicted octanol–water partition coefficient (Wildman–Crippen LogP) is -0.156. The molecule has 21 heavy (non-hydrogen) atoms. The summed E-state index contributed by atoms with van der Waals surface area (Å²) in [4.78, 5) is 25.1. The SMILES string of the molecule is CC(C)NC(=O)C1COCCN1CC1CCC(C(=O)O)O1. The van der Waals surface area contributed by atoms with Gasteiger partial charge in [-0.1, -0.05) is 0 Å². The lowest BCUT2D eigenvalue weighted by Crippen LogP contribution is -2.56. The first-order chi connectivity index (χ1) is 9.97. The molecular formula is C14H24N2O5. The first-order valence-electron chi connectivity index (χ1n) is 7.47. The van der Waals surface area contributed by atoms with Crippen molar-refractivity contribution < 1.29 is 24.2 Å². The van der Waals surface area contributed by atoms with E-state index in [1.54, 1.807) is 0 Å². The van der Waals surface area contributed by atoms with Gasteiger partial charge in [0.05, 0.1) is 19.3 Å². The van der Waals surface area contributed by atoms with E-state index in [0.29, 0.717) is 39.1 Å². The minimum absolute atomic E-state index is 0.0440. The second kappa shape index (κ2) is 7.20. The van der Waals surface area contributed by atoms with Crippen LogP contribution in [0, 0.1) is 0 Å². The van der Waals surface area contributed by atoms with Crippen LogP contribution in [0.15, 0.2) is 0 Å². The molecular weight excluding hydrogens is 276 g/mol. The molecule has 2 saturated heterocycles. The molecule has 2 heterocycles. The van der Waals surface area contributed by atoms with Crippen LogP contribution in [0.2, 0.25) is 0 Å². The molecule has 2 N–H and O–H groups in total. The van der Waals surface area contributed by atoms with Gasteiger partial charge < -0.3 is 19.9 Å². The van der Waals surface area contributed by atoms with Gasteiger partial charge in [-0.25, -0.2) is 4.79 Å². The van der Waals surface area contributed by atoms with Crippen molar-refractivity contribution in [3.63, 3.8) is 0 Å². The van der Waals surface area contributed by atoms with Crippen LogP contribution in [-0.2, 0) is 19.1 Å². The molecule has 120 valence electrons. The Morgan fingerprint density at radius 1 is 1.38 bits per heavy atom. The Morgan fingerprint density at radius 2 is 2.14 bits per heavy atom. The number of morpholine rings is 1. The third-order valence-corrected chi connectivity index (χ3v) is 3.79. The van der Waals surface area contributed by atoms with E-state index in [9.17, 15) is 9.59 Å². The van der Waals surface area contributed by atoms with Crippen molar-refractivity contribution in [2.24, 2.45) is 0 Å².